The molecule has 0 saturated heterocycles. The first kappa shape index (κ1) is 11.4. The van der Waals surface area contributed by atoms with Gasteiger partial charge in [-0.25, -0.2) is 0 Å². The Labute approximate surface area is 88.2 Å². The summed E-state index contributed by atoms with van der Waals surface area (Å²) in [4.78, 5) is 4.19. The third-order valence-electron chi connectivity index (χ3n) is 2.14. The van der Waals surface area contributed by atoms with E-state index in [9.17, 15) is 4.21 Å². The Bertz CT molecular complexity index is 336. The minimum Gasteiger partial charge on any atom is -0.261 e. The van der Waals surface area contributed by atoms with Gasteiger partial charge in [0.2, 0.25) is 0 Å². The van der Waals surface area contributed by atoms with Gasteiger partial charge in [-0.15, -0.1) is 0 Å². The van der Waals surface area contributed by atoms with Crippen LogP contribution in [0.5, 0.6) is 0 Å². The highest BCUT2D eigenvalue weighted by Gasteiger charge is 2.14. The van der Waals surface area contributed by atoms with Crippen LogP contribution < -0.4 is 0 Å². The minimum absolute atomic E-state index is 0.648. The molecular formula is C11H17NOS. The summed E-state index contributed by atoms with van der Waals surface area (Å²) in [5.41, 5.74) is 3.56. The van der Waals surface area contributed by atoms with Crippen molar-refractivity contribution in [1.29, 1.82) is 0 Å². The average Bonchev–Trinajstić information content (AvgIpc) is 2.21. The molecule has 2 heterocycles. The summed E-state index contributed by atoms with van der Waals surface area (Å²) >= 11 is 0. The number of nitrogens with zero attached hydrogens (tertiary/aromatic N) is 1. The molecule has 0 saturated carbocycles. The van der Waals surface area contributed by atoms with E-state index in [4.69, 9.17) is 0 Å². The fourth-order valence-corrected chi connectivity index (χ4v) is 2.68. The lowest BCUT2D eigenvalue weighted by Gasteiger charge is -2.14. The molecule has 3 heteroatoms. The summed E-state index contributed by atoms with van der Waals surface area (Å²) in [5.74, 6) is 1.51. The van der Waals surface area contributed by atoms with E-state index >= 15 is 0 Å². The maximum absolute atomic E-state index is 11.2. The third kappa shape index (κ3) is 2.64. The summed E-state index contributed by atoms with van der Waals surface area (Å²) in [6, 6.07) is 2.10. The van der Waals surface area contributed by atoms with Crippen molar-refractivity contribution in [3.05, 3.63) is 29.1 Å². The highest BCUT2D eigenvalue weighted by Crippen LogP contribution is 2.17. The van der Waals surface area contributed by atoms with Crippen LogP contribution in [0.4, 0.5) is 0 Å². The van der Waals surface area contributed by atoms with Crippen molar-refractivity contribution in [3.63, 3.8) is 0 Å². The van der Waals surface area contributed by atoms with Crippen molar-refractivity contribution in [2.75, 3.05) is 5.75 Å². The van der Waals surface area contributed by atoms with Crippen molar-refractivity contribution in [2.24, 2.45) is 0 Å². The van der Waals surface area contributed by atoms with Crippen molar-refractivity contribution in [2.45, 2.75) is 32.9 Å². The van der Waals surface area contributed by atoms with Crippen molar-refractivity contribution in [1.82, 2.24) is 4.98 Å². The van der Waals surface area contributed by atoms with Crippen LogP contribution in [0.1, 0.15) is 30.7 Å². The molecule has 0 spiro atoms. The molecule has 1 aromatic heterocycles. The molecule has 0 aromatic carbocycles. The van der Waals surface area contributed by atoms with E-state index in [0.717, 1.165) is 17.9 Å². The van der Waals surface area contributed by atoms with Crippen molar-refractivity contribution < 1.29 is 4.21 Å². The van der Waals surface area contributed by atoms with Crippen molar-refractivity contribution >= 4 is 10.8 Å². The smallest absolute Gasteiger partial charge is 0.0503 e. The maximum Gasteiger partial charge on any atom is 0.0503 e. The number of fused-ring (bicyclic) bond motifs is 1. The molecule has 0 amide bonds. The Morgan fingerprint density at radius 1 is 1.36 bits per heavy atom. The Hall–Kier alpha value is -0.700. The number of aromatic nitrogens is 1. The molecule has 0 bridgehead atoms. The Morgan fingerprint density at radius 2 is 2.07 bits per heavy atom. The largest absolute Gasteiger partial charge is 0.261 e. The fraction of sp³-hybridized carbons (Fsp3) is 0.545. The van der Waals surface area contributed by atoms with E-state index in [1.54, 1.807) is 0 Å². The number of rotatable bonds is 0. The summed E-state index contributed by atoms with van der Waals surface area (Å²) in [6.07, 6.45) is 2.81. The molecule has 2 rings (SSSR count). The van der Waals surface area contributed by atoms with E-state index < -0.39 is 10.8 Å². The van der Waals surface area contributed by atoms with Gasteiger partial charge >= 0.3 is 0 Å². The summed E-state index contributed by atoms with van der Waals surface area (Å²) in [6.45, 7) is 5.99. The first-order valence-corrected chi connectivity index (χ1v) is 6.54. The van der Waals surface area contributed by atoms with E-state index in [2.05, 4.69) is 11.1 Å². The lowest BCUT2D eigenvalue weighted by Crippen LogP contribution is -2.13. The van der Waals surface area contributed by atoms with Gasteiger partial charge in [0.15, 0.2) is 0 Å². The highest BCUT2D eigenvalue weighted by molar-refractivity contribution is 7.84. The predicted octanol–water partition coefficient (Wildman–Crippen LogP) is 2.22. The SMILES string of the molecule is CC.Cc1cc2c(cn1)CS(=O)CC2. The second-order valence-corrected chi connectivity index (χ2v) is 4.71. The van der Waals surface area contributed by atoms with Crippen LogP contribution in [-0.4, -0.2) is 14.9 Å². The number of pyridine rings is 1. The lowest BCUT2D eigenvalue weighted by molar-refractivity contribution is 0.679. The summed E-state index contributed by atoms with van der Waals surface area (Å²) < 4.78 is 11.2. The first-order valence-electron chi connectivity index (χ1n) is 5.05. The molecule has 1 unspecified atom stereocenters. The van der Waals surface area contributed by atoms with Gasteiger partial charge in [0, 0.05) is 28.4 Å². The molecule has 14 heavy (non-hydrogen) atoms. The molecule has 0 N–H and O–H groups in total. The zero-order chi connectivity index (χ0) is 10.6. The Kier molecular flexibility index (Phi) is 4.26. The fourth-order valence-electron chi connectivity index (χ4n) is 1.48. The van der Waals surface area contributed by atoms with E-state index in [0.29, 0.717) is 5.75 Å². The molecule has 2 nitrogen and oxygen atoms in total. The molecular weight excluding hydrogens is 194 g/mol. The van der Waals surface area contributed by atoms with Gasteiger partial charge in [-0.3, -0.25) is 9.19 Å². The molecule has 0 aliphatic carbocycles. The third-order valence-corrected chi connectivity index (χ3v) is 3.43. The quantitative estimate of drug-likeness (QED) is 0.658. The Balaban J connectivity index is 0.000000461. The van der Waals surface area contributed by atoms with E-state index in [1.807, 2.05) is 27.0 Å². The Morgan fingerprint density at radius 3 is 2.79 bits per heavy atom. The first-order chi connectivity index (χ1) is 6.75. The summed E-state index contributed by atoms with van der Waals surface area (Å²) in [7, 11) is -0.648. The number of aryl methyl sites for hydroxylation is 2. The van der Waals surface area contributed by atoms with Crippen LogP contribution in [-0.2, 0) is 23.0 Å². The van der Waals surface area contributed by atoms with Gasteiger partial charge in [-0.1, -0.05) is 13.8 Å². The summed E-state index contributed by atoms with van der Waals surface area (Å²) in [5, 5.41) is 0. The molecule has 1 aliphatic rings. The second kappa shape index (κ2) is 5.25. The molecule has 1 atom stereocenters. The van der Waals surface area contributed by atoms with Gasteiger partial charge in [0.25, 0.3) is 0 Å². The minimum atomic E-state index is -0.648. The van der Waals surface area contributed by atoms with Crippen LogP contribution in [0, 0.1) is 6.92 Å². The predicted molar refractivity (Wildman–Crippen MR) is 60.7 cm³/mol. The van der Waals surface area contributed by atoms with Crippen LogP contribution >= 0.6 is 0 Å². The molecule has 0 radical (unpaired) electrons. The second-order valence-electron chi connectivity index (χ2n) is 3.13. The monoisotopic (exact) mass is 211 g/mol. The van der Waals surface area contributed by atoms with Crippen LogP contribution in [0.15, 0.2) is 12.3 Å². The average molecular weight is 211 g/mol. The molecule has 0 fully saturated rings. The molecule has 1 aromatic rings. The van der Waals surface area contributed by atoms with Crippen molar-refractivity contribution in [3.8, 4) is 0 Å². The van der Waals surface area contributed by atoms with Gasteiger partial charge in [0.1, 0.15) is 0 Å². The van der Waals surface area contributed by atoms with E-state index in [1.165, 1.54) is 11.1 Å². The zero-order valence-corrected chi connectivity index (χ0v) is 9.86. The topological polar surface area (TPSA) is 30.0 Å². The standard InChI is InChI=1S/C9H11NOS.C2H6/c1-7-4-8-2-3-12(11)6-9(8)5-10-7;1-2/h4-5H,2-3,6H2,1H3;1-2H3. The van der Waals surface area contributed by atoms with Gasteiger partial charge in [-0.2, -0.15) is 0 Å². The molecule has 1 aliphatic heterocycles. The molecule has 78 valence electrons. The lowest BCUT2D eigenvalue weighted by atomic mass is 10.1. The van der Waals surface area contributed by atoms with Gasteiger partial charge < -0.3 is 0 Å². The van der Waals surface area contributed by atoms with Gasteiger partial charge in [-0.05, 0) is 30.5 Å². The van der Waals surface area contributed by atoms with Crippen LogP contribution in [0.3, 0.4) is 0 Å². The van der Waals surface area contributed by atoms with E-state index in [-0.39, 0.29) is 0 Å². The highest BCUT2D eigenvalue weighted by atomic mass is 32.2. The van der Waals surface area contributed by atoms with Gasteiger partial charge in [0.05, 0.1) is 5.75 Å². The normalized spacial score (nSPS) is 19.2. The number of hydrogen-bond donors (Lipinski definition) is 0. The number of hydrogen-bond acceptors (Lipinski definition) is 2. The van der Waals surface area contributed by atoms with Crippen LogP contribution in [0.2, 0.25) is 0 Å². The zero-order valence-electron chi connectivity index (χ0n) is 9.04. The maximum atomic E-state index is 11.2. The van der Waals surface area contributed by atoms with Crippen LogP contribution in [0.25, 0.3) is 0 Å².